The van der Waals surface area contributed by atoms with Crippen molar-refractivity contribution >= 4 is 0 Å². The summed E-state index contributed by atoms with van der Waals surface area (Å²) in [5, 5.41) is 0. The van der Waals surface area contributed by atoms with Crippen molar-refractivity contribution in [2.75, 3.05) is 6.54 Å². The van der Waals surface area contributed by atoms with Crippen LogP contribution >= 0.6 is 0 Å². The summed E-state index contributed by atoms with van der Waals surface area (Å²) in [5.74, 6) is 0.783. The molecule has 2 nitrogen and oxygen atoms in total. The van der Waals surface area contributed by atoms with Gasteiger partial charge in [0.05, 0.1) is 0 Å². The molecule has 1 heterocycles. The average Bonchev–Trinajstić information content (AvgIpc) is 1.88. The minimum absolute atomic E-state index is 0. The first kappa shape index (κ1) is 11.6. The summed E-state index contributed by atoms with van der Waals surface area (Å²) in [4.78, 5) is 0. The summed E-state index contributed by atoms with van der Waals surface area (Å²) in [6.07, 6.45) is 3.67. The molecule has 1 saturated heterocycles. The fraction of sp³-hybridized carbons (Fsp3) is 0.875. The molecule has 66 valence electrons. The Balaban J connectivity index is 0.000001000. The Morgan fingerprint density at radius 1 is 1.64 bits per heavy atom. The van der Waals surface area contributed by atoms with Gasteiger partial charge in [0.1, 0.15) is 0 Å². The fourth-order valence-corrected chi connectivity index (χ4v) is 1.33. The van der Waals surface area contributed by atoms with Crippen LogP contribution in [0.2, 0.25) is 0 Å². The molecule has 2 N–H and O–H groups in total. The molecule has 1 fully saturated rings. The number of rotatable bonds is 2. The molecule has 11 heavy (non-hydrogen) atoms. The van der Waals surface area contributed by atoms with E-state index < -0.39 is 0 Å². The standard InChI is InChI=1S/C8H16NO.W/c1-7-3-5-10-8(6-7)2-4-9;/h5,7-8H,2-4,6,9H2,1H3;/q-1;/t7-,8+;/m0./s1. The van der Waals surface area contributed by atoms with Crippen LogP contribution in [-0.2, 0) is 25.8 Å². The van der Waals surface area contributed by atoms with Crippen LogP contribution in [0.5, 0.6) is 0 Å². The summed E-state index contributed by atoms with van der Waals surface area (Å²) in [6, 6.07) is 0. The van der Waals surface area contributed by atoms with E-state index in [0.29, 0.717) is 6.10 Å². The van der Waals surface area contributed by atoms with E-state index in [1.54, 1.807) is 0 Å². The van der Waals surface area contributed by atoms with Crippen LogP contribution in [0.1, 0.15) is 26.2 Å². The van der Waals surface area contributed by atoms with Crippen molar-refractivity contribution in [3.63, 3.8) is 0 Å². The van der Waals surface area contributed by atoms with Crippen LogP contribution in [0.3, 0.4) is 0 Å². The third kappa shape index (κ3) is 4.24. The number of nitrogens with two attached hydrogens (primary N) is 1. The molecule has 1 rings (SSSR count). The van der Waals surface area contributed by atoms with E-state index in [-0.39, 0.29) is 21.1 Å². The van der Waals surface area contributed by atoms with Gasteiger partial charge in [-0.05, 0) is 19.4 Å². The van der Waals surface area contributed by atoms with E-state index in [9.17, 15) is 0 Å². The Hall–Kier alpha value is 0.608. The average molecular weight is 326 g/mol. The van der Waals surface area contributed by atoms with Crippen LogP contribution in [0.4, 0.5) is 0 Å². The predicted octanol–water partition coefficient (Wildman–Crippen LogP) is 1.31. The van der Waals surface area contributed by atoms with Gasteiger partial charge in [-0.15, -0.1) is 0 Å². The van der Waals surface area contributed by atoms with Gasteiger partial charge in [0.25, 0.3) is 0 Å². The van der Waals surface area contributed by atoms with Crippen molar-refractivity contribution in [1.82, 2.24) is 0 Å². The topological polar surface area (TPSA) is 35.2 Å². The van der Waals surface area contributed by atoms with Gasteiger partial charge in [-0.2, -0.15) is 6.42 Å². The van der Waals surface area contributed by atoms with Gasteiger partial charge >= 0.3 is 0 Å². The second-order valence-electron chi connectivity index (χ2n) is 3.08. The second kappa shape index (κ2) is 6.16. The number of hydrogen-bond donors (Lipinski definition) is 1. The minimum Gasteiger partial charge on any atom is -0.550 e. The van der Waals surface area contributed by atoms with Gasteiger partial charge in [0.15, 0.2) is 0 Å². The third-order valence-electron chi connectivity index (χ3n) is 1.94. The molecule has 0 bridgehead atoms. The quantitative estimate of drug-likeness (QED) is 0.777. The Morgan fingerprint density at radius 2 is 2.36 bits per heavy atom. The van der Waals surface area contributed by atoms with Crippen molar-refractivity contribution in [1.29, 1.82) is 0 Å². The van der Waals surface area contributed by atoms with Crippen LogP contribution in [-0.4, -0.2) is 12.6 Å². The normalized spacial score (nSPS) is 31.1. The zero-order chi connectivity index (χ0) is 7.40. The largest absolute Gasteiger partial charge is 0.550 e. The summed E-state index contributed by atoms with van der Waals surface area (Å²) in [6.45, 7) is 4.92. The van der Waals surface area contributed by atoms with Crippen molar-refractivity contribution in [3.8, 4) is 0 Å². The van der Waals surface area contributed by atoms with Crippen LogP contribution in [0.15, 0.2) is 0 Å². The summed E-state index contributed by atoms with van der Waals surface area (Å²) >= 11 is 0. The maximum Gasteiger partial charge on any atom is 0.0244 e. The van der Waals surface area contributed by atoms with E-state index in [1.165, 1.54) is 6.42 Å². The SMILES string of the molecule is C[C@H]1C[CH-]O[C@H](CCN)C1.[W]. The second-order valence-corrected chi connectivity index (χ2v) is 3.08. The predicted molar refractivity (Wildman–Crippen MR) is 41.2 cm³/mol. The van der Waals surface area contributed by atoms with Crippen molar-refractivity contribution in [2.24, 2.45) is 11.7 Å². The minimum atomic E-state index is 0. The fourth-order valence-electron chi connectivity index (χ4n) is 1.33. The van der Waals surface area contributed by atoms with Gasteiger partial charge in [-0.3, -0.25) is 0 Å². The van der Waals surface area contributed by atoms with Crippen LogP contribution in [0.25, 0.3) is 0 Å². The summed E-state index contributed by atoms with van der Waals surface area (Å²) in [7, 11) is 0. The first-order valence-corrected chi connectivity index (χ1v) is 4.00. The van der Waals surface area contributed by atoms with Crippen LogP contribution in [0, 0.1) is 12.5 Å². The Bertz CT molecular complexity index is 98.1. The molecule has 0 radical (unpaired) electrons. The van der Waals surface area contributed by atoms with Gasteiger partial charge < -0.3 is 10.5 Å². The number of hydrogen-bond acceptors (Lipinski definition) is 2. The molecule has 0 aromatic carbocycles. The molecule has 0 aliphatic carbocycles. The molecule has 3 heteroatoms. The smallest absolute Gasteiger partial charge is 0.0244 e. The van der Waals surface area contributed by atoms with Crippen molar-refractivity contribution in [2.45, 2.75) is 32.3 Å². The van der Waals surface area contributed by atoms with Crippen molar-refractivity contribution in [3.05, 3.63) is 6.61 Å². The zero-order valence-electron chi connectivity index (χ0n) is 6.95. The van der Waals surface area contributed by atoms with Gasteiger partial charge in [-0.25, -0.2) is 6.61 Å². The summed E-state index contributed by atoms with van der Waals surface area (Å²) in [5.41, 5.74) is 5.41. The molecule has 0 saturated carbocycles. The zero-order valence-corrected chi connectivity index (χ0v) is 9.89. The van der Waals surface area contributed by atoms with Gasteiger partial charge in [0, 0.05) is 27.2 Å². The molecule has 0 amide bonds. The van der Waals surface area contributed by atoms with E-state index in [0.717, 1.165) is 25.3 Å². The van der Waals surface area contributed by atoms with E-state index in [1.807, 2.05) is 6.61 Å². The van der Waals surface area contributed by atoms with E-state index in [4.69, 9.17) is 10.5 Å². The molecule has 1 aliphatic heterocycles. The molecular weight excluding hydrogens is 310 g/mol. The maximum absolute atomic E-state index is 5.41. The first-order chi connectivity index (χ1) is 4.83. The Kier molecular flexibility index (Phi) is 6.50. The van der Waals surface area contributed by atoms with Gasteiger partial charge in [0.2, 0.25) is 0 Å². The van der Waals surface area contributed by atoms with E-state index in [2.05, 4.69) is 6.92 Å². The molecule has 1 aliphatic rings. The Morgan fingerprint density at radius 3 is 2.91 bits per heavy atom. The van der Waals surface area contributed by atoms with Crippen LogP contribution < -0.4 is 5.73 Å². The number of ether oxygens (including phenoxy) is 1. The monoisotopic (exact) mass is 326 g/mol. The molecule has 0 aromatic heterocycles. The Labute approximate surface area is 83.1 Å². The van der Waals surface area contributed by atoms with Gasteiger partial charge in [-0.1, -0.05) is 12.8 Å². The molecule has 2 atom stereocenters. The molecular formula is C8H16NOW-. The molecule has 0 aromatic rings. The maximum atomic E-state index is 5.41. The third-order valence-corrected chi connectivity index (χ3v) is 1.94. The summed E-state index contributed by atoms with van der Waals surface area (Å²) < 4.78 is 5.38. The first-order valence-electron chi connectivity index (χ1n) is 4.00. The molecule has 0 unspecified atom stereocenters. The van der Waals surface area contributed by atoms with Crippen molar-refractivity contribution < 1.29 is 25.8 Å². The molecule has 0 spiro atoms. The van der Waals surface area contributed by atoms with E-state index >= 15 is 0 Å².